The molecule has 0 saturated carbocycles. The molecule has 2 aliphatic rings. The number of likely N-dealkylation sites (tertiary alicyclic amines) is 1. The molecule has 0 aromatic heterocycles. The highest BCUT2D eigenvalue weighted by Crippen LogP contribution is 2.42. The van der Waals surface area contributed by atoms with Crippen molar-refractivity contribution in [2.45, 2.75) is 103 Å². The van der Waals surface area contributed by atoms with Gasteiger partial charge in [-0.2, -0.15) is 0 Å². The Hall–Kier alpha value is -3.29. The molecular weight excluding hydrogens is 577 g/mol. The minimum atomic E-state index is -0.333. The van der Waals surface area contributed by atoms with Crippen LogP contribution < -0.4 is 19.7 Å². The highest BCUT2D eigenvalue weighted by Gasteiger charge is 2.42. The molecule has 7 heteroatoms. The van der Waals surface area contributed by atoms with Gasteiger partial charge in [0, 0.05) is 42.0 Å². The molecule has 1 saturated heterocycles. The van der Waals surface area contributed by atoms with E-state index in [4.69, 9.17) is 9.47 Å². The molecule has 46 heavy (non-hydrogen) atoms. The summed E-state index contributed by atoms with van der Waals surface area (Å²) < 4.78 is 27.0. The maximum Gasteiger partial charge on any atom is 0.165 e. The number of fused-ring (bicyclic) bond motifs is 1. The minimum Gasteiger partial charge on any atom is -0.508 e. The summed E-state index contributed by atoms with van der Waals surface area (Å²) in [4.78, 5) is 4.82. The van der Waals surface area contributed by atoms with Crippen molar-refractivity contribution in [3.63, 3.8) is 0 Å². The van der Waals surface area contributed by atoms with E-state index in [1.54, 1.807) is 25.3 Å². The molecule has 2 unspecified atom stereocenters. The summed E-state index contributed by atoms with van der Waals surface area (Å²) in [6.45, 7) is 15.3. The largest absolute Gasteiger partial charge is 0.508 e. The molecule has 2 N–H and O–H groups in total. The van der Waals surface area contributed by atoms with Gasteiger partial charge in [-0.15, -0.1) is 0 Å². The molecule has 0 bridgehead atoms. The van der Waals surface area contributed by atoms with Crippen molar-refractivity contribution in [1.29, 1.82) is 0 Å². The van der Waals surface area contributed by atoms with Gasteiger partial charge in [-0.05, 0) is 139 Å². The molecule has 250 valence electrons. The highest BCUT2D eigenvalue weighted by atomic mass is 19.1. The van der Waals surface area contributed by atoms with E-state index >= 15 is 4.39 Å². The number of nitrogens with one attached hydrogen (secondary N) is 1. The number of rotatable bonds is 11. The normalized spacial score (nSPS) is 20.2. The Labute approximate surface area is 275 Å². The van der Waals surface area contributed by atoms with Gasteiger partial charge >= 0.3 is 0 Å². The number of hydrogen-bond acceptors (Lipinski definition) is 6. The second-order valence-corrected chi connectivity index (χ2v) is 14.6. The fraction of sp³-hybridized carbons (Fsp3) is 0.538. The van der Waals surface area contributed by atoms with E-state index in [1.165, 1.54) is 16.7 Å². The zero-order valence-electron chi connectivity index (χ0n) is 29.1. The summed E-state index contributed by atoms with van der Waals surface area (Å²) in [5.41, 5.74) is 6.05. The fourth-order valence-corrected chi connectivity index (χ4v) is 7.92. The predicted molar refractivity (Wildman–Crippen MR) is 186 cm³/mol. The summed E-state index contributed by atoms with van der Waals surface area (Å²) in [7, 11) is 3.91. The lowest BCUT2D eigenvalue weighted by molar-refractivity contribution is -0.0184. The van der Waals surface area contributed by atoms with Crippen LogP contribution in [-0.4, -0.2) is 61.0 Å². The molecule has 0 radical (unpaired) electrons. The number of anilines is 1. The summed E-state index contributed by atoms with van der Waals surface area (Å²) >= 11 is 0. The lowest BCUT2D eigenvalue weighted by atomic mass is 9.77. The molecular formula is C39H54FN3O3. The van der Waals surface area contributed by atoms with Crippen LogP contribution in [0.1, 0.15) is 95.0 Å². The molecule has 3 aromatic carbocycles. The summed E-state index contributed by atoms with van der Waals surface area (Å²) in [5, 5.41) is 13.6. The second-order valence-electron chi connectivity index (χ2n) is 14.6. The van der Waals surface area contributed by atoms with Crippen molar-refractivity contribution >= 4 is 5.69 Å². The number of aryl methyl sites for hydroxylation is 1. The van der Waals surface area contributed by atoms with Crippen LogP contribution in [0.3, 0.4) is 0 Å². The van der Waals surface area contributed by atoms with E-state index < -0.39 is 0 Å². The number of piperidine rings is 1. The van der Waals surface area contributed by atoms with Crippen molar-refractivity contribution in [1.82, 2.24) is 10.2 Å². The minimum absolute atomic E-state index is 0.0648. The molecule has 1 aliphatic heterocycles. The van der Waals surface area contributed by atoms with E-state index in [9.17, 15) is 5.11 Å². The van der Waals surface area contributed by atoms with Crippen LogP contribution in [0.2, 0.25) is 0 Å². The van der Waals surface area contributed by atoms with Gasteiger partial charge in [0.2, 0.25) is 0 Å². The van der Waals surface area contributed by atoms with E-state index in [0.717, 1.165) is 55.6 Å². The molecule has 6 nitrogen and oxygen atoms in total. The van der Waals surface area contributed by atoms with Crippen molar-refractivity contribution in [3.8, 4) is 17.2 Å². The Morgan fingerprint density at radius 1 is 1.02 bits per heavy atom. The monoisotopic (exact) mass is 631 g/mol. The Morgan fingerprint density at radius 3 is 2.43 bits per heavy atom. The van der Waals surface area contributed by atoms with Crippen molar-refractivity contribution in [2.24, 2.45) is 0 Å². The fourth-order valence-electron chi connectivity index (χ4n) is 7.92. The third-order valence-electron chi connectivity index (χ3n) is 10.8. The summed E-state index contributed by atoms with van der Waals surface area (Å²) in [5.74, 6) is 1.43. The Bertz CT molecular complexity index is 1490. The van der Waals surface area contributed by atoms with Gasteiger partial charge in [-0.1, -0.05) is 18.2 Å². The Kier molecular flexibility index (Phi) is 10.2. The lowest BCUT2D eigenvalue weighted by Crippen LogP contribution is -2.62. The third-order valence-corrected chi connectivity index (χ3v) is 10.8. The van der Waals surface area contributed by atoms with Gasteiger partial charge in [0.05, 0.1) is 13.2 Å². The number of hydrogen-bond donors (Lipinski definition) is 2. The zero-order valence-corrected chi connectivity index (χ0v) is 29.1. The first-order valence-electron chi connectivity index (χ1n) is 17.0. The van der Waals surface area contributed by atoms with Crippen LogP contribution in [0.5, 0.6) is 17.2 Å². The zero-order chi connectivity index (χ0) is 33.2. The van der Waals surface area contributed by atoms with E-state index in [2.05, 4.69) is 81.9 Å². The lowest BCUT2D eigenvalue weighted by Gasteiger charge is -2.53. The van der Waals surface area contributed by atoms with Crippen LogP contribution in [-0.2, 0) is 12.8 Å². The van der Waals surface area contributed by atoms with Crippen molar-refractivity contribution in [2.75, 3.05) is 38.8 Å². The first kappa shape index (κ1) is 34.1. The van der Waals surface area contributed by atoms with Gasteiger partial charge in [0.1, 0.15) is 18.1 Å². The van der Waals surface area contributed by atoms with Crippen LogP contribution in [0.4, 0.5) is 10.1 Å². The Balaban J connectivity index is 1.26. The smallest absolute Gasteiger partial charge is 0.165 e. The molecule has 0 spiro atoms. The summed E-state index contributed by atoms with van der Waals surface area (Å²) in [6, 6.07) is 17.8. The first-order chi connectivity index (χ1) is 21.8. The maximum absolute atomic E-state index is 15.5. The first-order valence-corrected chi connectivity index (χ1v) is 17.0. The van der Waals surface area contributed by atoms with Gasteiger partial charge < -0.3 is 24.8 Å². The number of phenolic OH excluding ortho intramolecular Hbond substituents is 1. The number of halogens is 1. The molecule has 1 aliphatic carbocycles. The van der Waals surface area contributed by atoms with E-state index in [1.807, 2.05) is 18.2 Å². The van der Waals surface area contributed by atoms with Crippen LogP contribution in [0.15, 0.2) is 54.6 Å². The van der Waals surface area contributed by atoms with Crippen molar-refractivity contribution < 1.29 is 19.0 Å². The molecule has 0 amide bonds. The third kappa shape index (κ3) is 7.31. The van der Waals surface area contributed by atoms with Crippen LogP contribution >= 0.6 is 0 Å². The standard InChI is InChI=1S/C39H54FN3O3/c1-9-43(36-23-33(45-8)15-16-34(36)30-11-10-29-21-32(44)14-12-28(29)20-30)26(2)27-13-17-37(35(40)22-27)46-19-18-41-31-24-38(3,4)42(7)39(5,6)25-31/h12-17,21-23,26,30-31,41,44H,9-11,18-20,24-25H2,1-8H3. The maximum atomic E-state index is 15.5. The average molecular weight is 632 g/mol. The quantitative estimate of drug-likeness (QED) is 0.209. The average Bonchev–Trinajstić information content (AvgIpc) is 3.02. The molecule has 5 rings (SSSR count). The highest BCUT2D eigenvalue weighted by molar-refractivity contribution is 5.61. The van der Waals surface area contributed by atoms with Crippen LogP contribution in [0, 0.1) is 5.82 Å². The SMILES string of the molecule is CCN(c1cc(OC)ccc1C1CCc2cc(O)ccc2C1)C(C)c1ccc(OCCNC2CC(C)(C)N(C)C(C)(C)C2)c(F)c1. The van der Waals surface area contributed by atoms with Crippen molar-refractivity contribution in [3.05, 3.63) is 82.7 Å². The predicted octanol–water partition coefficient (Wildman–Crippen LogP) is 8.02. The Morgan fingerprint density at radius 2 is 1.76 bits per heavy atom. The van der Waals surface area contributed by atoms with Gasteiger partial charge in [-0.3, -0.25) is 4.90 Å². The topological polar surface area (TPSA) is 57.2 Å². The number of ether oxygens (including phenoxy) is 2. The van der Waals surface area contributed by atoms with Crippen LogP contribution in [0.25, 0.3) is 0 Å². The molecule has 1 fully saturated rings. The number of benzene rings is 3. The van der Waals surface area contributed by atoms with Gasteiger partial charge in [0.25, 0.3) is 0 Å². The summed E-state index contributed by atoms with van der Waals surface area (Å²) in [6.07, 6.45) is 4.98. The van der Waals surface area contributed by atoms with Gasteiger partial charge in [-0.25, -0.2) is 4.39 Å². The number of phenols is 1. The second kappa shape index (κ2) is 13.8. The van der Waals surface area contributed by atoms with E-state index in [0.29, 0.717) is 36.6 Å². The number of aromatic hydroxyl groups is 1. The molecule has 2 atom stereocenters. The van der Waals surface area contributed by atoms with Gasteiger partial charge in [0.15, 0.2) is 11.6 Å². The number of nitrogens with zero attached hydrogens (tertiary/aromatic N) is 2. The van der Waals surface area contributed by atoms with E-state index in [-0.39, 0.29) is 22.9 Å². The molecule has 1 heterocycles. The number of methoxy groups -OCH3 is 1. The molecule has 3 aromatic rings.